The molecule has 7 heteroatoms. The summed E-state index contributed by atoms with van der Waals surface area (Å²) in [6, 6.07) is 27.2. The van der Waals surface area contributed by atoms with Gasteiger partial charge in [0.15, 0.2) is 11.0 Å². The first-order valence-electron chi connectivity index (χ1n) is 10.2. The molecule has 4 aromatic rings. The van der Waals surface area contributed by atoms with Gasteiger partial charge in [0.25, 0.3) is 0 Å². The van der Waals surface area contributed by atoms with E-state index in [2.05, 4.69) is 10.2 Å². The van der Waals surface area contributed by atoms with Crippen LogP contribution in [0.25, 0.3) is 17.1 Å². The van der Waals surface area contributed by atoms with Gasteiger partial charge in [-0.3, -0.25) is 9.36 Å². The average Bonchev–Trinajstić information content (AvgIpc) is 3.27. The molecule has 0 radical (unpaired) electrons. The van der Waals surface area contributed by atoms with Gasteiger partial charge in [-0.2, -0.15) is 0 Å². The fourth-order valence-electron chi connectivity index (χ4n) is 3.34. The molecule has 0 aliphatic carbocycles. The Kier molecular flexibility index (Phi) is 6.56. The van der Waals surface area contributed by atoms with Crippen molar-refractivity contribution in [1.82, 2.24) is 14.8 Å². The maximum Gasteiger partial charge on any atom is 0.240 e. The van der Waals surface area contributed by atoms with Crippen molar-refractivity contribution in [1.29, 1.82) is 0 Å². The Hall–Kier alpha value is -3.58. The highest BCUT2D eigenvalue weighted by Gasteiger charge is 2.24. The van der Waals surface area contributed by atoms with E-state index in [0.29, 0.717) is 11.0 Å². The zero-order chi connectivity index (χ0) is 22.5. The van der Waals surface area contributed by atoms with Crippen LogP contribution in [0.4, 0.5) is 5.69 Å². The number of methoxy groups -OCH3 is 1. The molecule has 0 bridgehead atoms. The summed E-state index contributed by atoms with van der Waals surface area (Å²) in [4.78, 5) is 14.7. The van der Waals surface area contributed by atoms with E-state index in [4.69, 9.17) is 4.74 Å². The smallest absolute Gasteiger partial charge is 0.240 e. The summed E-state index contributed by atoms with van der Waals surface area (Å²) in [5.41, 5.74) is 2.70. The van der Waals surface area contributed by atoms with E-state index in [1.807, 2.05) is 96.4 Å². The fourth-order valence-corrected chi connectivity index (χ4v) is 4.30. The van der Waals surface area contributed by atoms with Gasteiger partial charge in [0.2, 0.25) is 5.91 Å². The number of carbonyl (C=O) groups excluding carboxylic acids is 1. The molecule has 162 valence electrons. The number of nitrogens with zero attached hydrogens (tertiary/aromatic N) is 4. The first-order chi connectivity index (χ1) is 15.6. The highest BCUT2D eigenvalue weighted by Crippen LogP contribution is 2.31. The Bertz CT molecular complexity index is 1180. The van der Waals surface area contributed by atoms with Crippen LogP contribution in [0.3, 0.4) is 0 Å². The van der Waals surface area contributed by atoms with E-state index in [1.54, 1.807) is 19.1 Å². The number of ether oxygens (including phenoxy) is 1. The second-order valence-corrected chi connectivity index (χ2v) is 8.51. The van der Waals surface area contributed by atoms with Crippen molar-refractivity contribution in [2.24, 2.45) is 0 Å². The maximum atomic E-state index is 13.1. The number of anilines is 1. The van der Waals surface area contributed by atoms with Crippen molar-refractivity contribution in [2.45, 2.75) is 17.3 Å². The van der Waals surface area contributed by atoms with Gasteiger partial charge in [-0.05, 0) is 55.5 Å². The highest BCUT2D eigenvalue weighted by molar-refractivity contribution is 8.00. The first-order valence-corrected chi connectivity index (χ1v) is 11.1. The first kappa shape index (κ1) is 21.6. The lowest BCUT2D eigenvalue weighted by atomic mass is 10.2. The molecule has 0 aliphatic rings. The van der Waals surface area contributed by atoms with Crippen LogP contribution in [0.15, 0.2) is 90.1 Å². The summed E-state index contributed by atoms with van der Waals surface area (Å²) >= 11 is 1.39. The number of aromatic nitrogens is 3. The number of thioether (sulfide) groups is 1. The Morgan fingerprint density at radius 1 is 0.938 bits per heavy atom. The minimum absolute atomic E-state index is 0.00481. The molecule has 32 heavy (non-hydrogen) atoms. The molecule has 1 unspecified atom stereocenters. The van der Waals surface area contributed by atoms with Gasteiger partial charge >= 0.3 is 0 Å². The zero-order valence-corrected chi connectivity index (χ0v) is 19.0. The van der Waals surface area contributed by atoms with Crippen molar-refractivity contribution in [3.8, 4) is 22.8 Å². The van der Waals surface area contributed by atoms with Crippen LogP contribution in [0.5, 0.6) is 5.75 Å². The molecular weight excluding hydrogens is 420 g/mol. The van der Waals surface area contributed by atoms with E-state index in [1.165, 1.54) is 11.8 Å². The van der Waals surface area contributed by atoms with E-state index >= 15 is 0 Å². The molecule has 3 aromatic carbocycles. The Labute approximate surface area is 191 Å². The number of carbonyl (C=O) groups is 1. The van der Waals surface area contributed by atoms with Crippen LogP contribution in [-0.2, 0) is 4.79 Å². The molecule has 1 heterocycles. The average molecular weight is 445 g/mol. The fraction of sp³-hybridized carbons (Fsp3) is 0.160. The topological polar surface area (TPSA) is 60.3 Å². The zero-order valence-electron chi connectivity index (χ0n) is 18.2. The number of amides is 1. The molecular formula is C25H24N4O2S. The molecule has 6 nitrogen and oxygen atoms in total. The van der Waals surface area contributed by atoms with E-state index in [9.17, 15) is 4.79 Å². The normalized spacial score (nSPS) is 11.7. The van der Waals surface area contributed by atoms with Crippen LogP contribution >= 0.6 is 11.8 Å². The largest absolute Gasteiger partial charge is 0.497 e. The minimum Gasteiger partial charge on any atom is -0.497 e. The van der Waals surface area contributed by atoms with Crippen molar-refractivity contribution in [2.75, 3.05) is 19.1 Å². The second-order valence-electron chi connectivity index (χ2n) is 7.20. The molecule has 4 rings (SSSR count). The van der Waals surface area contributed by atoms with Crippen molar-refractivity contribution >= 4 is 23.4 Å². The lowest BCUT2D eigenvalue weighted by Gasteiger charge is -2.21. The number of benzene rings is 3. The van der Waals surface area contributed by atoms with Crippen LogP contribution < -0.4 is 9.64 Å². The van der Waals surface area contributed by atoms with Crippen molar-refractivity contribution in [3.05, 3.63) is 84.9 Å². The molecule has 0 N–H and O–H groups in total. The van der Waals surface area contributed by atoms with Crippen molar-refractivity contribution in [3.63, 3.8) is 0 Å². The third-order valence-corrected chi connectivity index (χ3v) is 6.13. The van der Waals surface area contributed by atoms with E-state index in [0.717, 1.165) is 22.7 Å². The molecule has 0 saturated heterocycles. The third kappa shape index (κ3) is 4.53. The molecule has 0 aliphatic heterocycles. The van der Waals surface area contributed by atoms with Gasteiger partial charge in [-0.15, -0.1) is 10.2 Å². The predicted octanol–water partition coefficient (Wildman–Crippen LogP) is 5.09. The molecule has 1 atom stereocenters. The third-order valence-electron chi connectivity index (χ3n) is 5.10. The molecule has 1 amide bonds. The summed E-state index contributed by atoms with van der Waals surface area (Å²) in [7, 11) is 3.43. The standard InChI is InChI=1S/C25H24N4O2S/c1-18(24(30)28(2)20-10-6-4-7-11-20)32-25-27-26-23(19-14-16-22(31-3)17-15-19)29(25)21-12-8-5-9-13-21/h4-18H,1-3H3. The predicted molar refractivity (Wildman–Crippen MR) is 129 cm³/mol. The monoisotopic (exact) mass is 444 g/mol. The molecule has 0 fully saturated rings. The van der Waals surface area contributed by atoms with Crippen LogP contribution in [0.1, 0.15) is 6.92 Å². The minimum atomic E-state index is -0.351. The molecule has 0 spiro atoms. The Balaban J connectivity index is 1.66. The van der Waals surface area contributed by atoms with Gasteiger partial charge in [-0.1, -0.05) is 48.2 Å². The summed E-state index contributed by atoms with van der Waals surface area (Å²) in [5, 5.41) is 9.21. The quantitative estimate of drug-likeness (QED) is 0.372. The Morgan fingerprint density at radius 3 is 2.19 bits per heavy atom. The maximum absolute atomic E-state index is 13.1. The van der Waals surface area contributed by atoms with Crippen LogP contribution in [0.2, 0.25) is 0 Å². The van der Waals surface area contributed by atoms with E-state index in [-0.39, 0.29) is 11.2 Å². The summed E-state index contributed by atoms with van der Waals surface area (Å²) in [6.07, 6.45) is 0. The summed E-state index contributed by atoms with van der Waals surface area (Å²) in [5.74, 6) is 1.48. The van der Waals surface area contributed by atoms with Gasteiger partial charge in [0.1, 0.15) is 5.75 Å². The number of rotatable bonds is 7. The van der Waals surface area contributed by atoms with Gasteiger partial charge in [0.05, 0.1) is 12.4 Å². The van der Waals surface area contributed by atoms with Gasteiger partial charge < -0.3 is 9.64 Å². The van der Waals surface area contributed by atoms with E-state index < -0.39 is 0 Å². The van der Waals surface area contributed by atoms with Crippen LogP contribution in [-0.4, -0.2) is 40.1 Å². The number of hydrogen-bond donors (Lipinski definition) is 0. The molecule has 0 saturated carbocycles. The Morgan fingerprint density at radius 2 is 1.56 bits per heavy atom. The second kappa shape index (κ2) is 9.70. The van der Waals surface area contributed by atoms with Gasteiger partial charge in [-0.25, -0.2) is 0 Å². The lowest BCUT2D eigenvalue weighted by molar-refractivity contribution is -0.117. The molecule has 1 aromatic heterocycles. The summed E-state index contributed by atoms with van der Waals surface area (Å²) < 4.78 is 7.26. The highest BCUT2D eigenvalue weighted by atomic mass is 32.2. The van der Waals surface area contributed by atoms with Gasteiger partial charge in [0, 0.05) is 24.0 Å². The van der Waals surface area contributed by atoms with Crippen molar-refractivity contribution < 1.29 is 9.53 Å². The SMILES string of the molecule is COc1ccc(-c2nnc(SC(C)C(=O)N(C)c3ccccc3)n2-c2ccccc2)cc1. The number of hydrogen-bond acceptors (Lipinski definition) is 5. The lowest BCUT2D eigenvalue weighted by Crippen LogP contribution is -2.33. The van der Waals surface area contributed by atoms with Crippen LogP contribution in [0, 0.1) is 0 Å². The summed E-state index contributed by atoms with van der Waals surface area (Å²) in [6.45, 7) is 1.89. The number of para-hydroxylation sites is 2.